The third-order valence-electron chi connectivity index (χ3n) is 5.50. The van der Waals surface area contributed by atoms with E-state index in [1.807, 2.05) is 13.0 Å². The lowest BCUT2D eigenvalue weighted by molar-refractivity contribution is -0.125. The van der Waals surface area contributed by atoms with E-state index in [1.54, 1.807) is 6.07 Å². The first kappa shape index (κ1) is 27.2. The highest BCUT2D eigenvalue weighted by Crippen LogP contribution is 2.30. The molecule has 3 atom stereocenters. The van der Waals surface area contributed by atoms with Crippen molar-refractivity contribution in [3.05, 3.63) is 29.6 Å². The fourth-order valence-corrected chi connectivity index (χ4v) is 3.87. The van der Waals surface area contributed by atoms with Crippen LogP contribution in [0.15, 0.2) is 18.2 Å². The van der Waals surface area contributed by atoms with Crippen molar-refractivity contribution in [2.24, 2.45) is 11.7 Å². The van der Waals surface area contributed by atoms with Gasteiger partial charge in [-0.1, -0.05) is 0 Å². The van der Waals surface area contributed by atoms with Gasteiger partial charge in [-0.3, -0.25) is 4.79 Å². The smallest absolute Gasteiger partial charge is 0.223 e. The minimum atomic E-state index is -0.267. The van der Waals surface area contributed by atoms with Crippen LogP contribution >= 0.6 is 37.2 Å². The number of nitrogens with one attached hydrogen (secondary N) is 1. The first-order valence-electron chi connectivity index (χ1n) is 9.23. The predicted octanol–water partition coefficient (Wildman–Crippen LogP) is 3.15. The molecule has 1 amide bonds. The number of rotatable bonds is 4. The van der Waals surface area contributed by atoms with Gasteiger partial charge >= 0.3 is 0 Å². The summed E-state index contributed by atoms with van der Waals surface area (Å²) in [4.78, 5) is 17.1. The molecule has 9 heteroatoms. The van der Waals surface area contributed by atoms with Crippen LogP contribution in [0.1, 0.15) is 37.8 Å². The predicted molar refractivity (Wildman–Crippen MR) is 120 cm³/mol. The van der Waals surface area contributed by atoms with Crippen molar-refractivity contribution >= 4 is 48.8 Å². The molecule has 0 radical (unpaired) electrons. The van der Waals surface area contributed by atoms with E-state index >= 15 is 0 Å². The second-order valence-electron chi connectivity index (χ2n) is 7.49. The zero-order chi connectivity index (χ0) is 18.0. The van der Waals surface area contributed by atoms with E-state index in [2.05, 4.69) is 22.2 Å². The molecule has 1 heterocycles. The lowest BCUT2D eigenvalue weighted by Gasteiger charge is -2.36. The van der Waals surface area contributed by atoms with Gasteiger partial charge in [0.05, 0.1) is 6.04 Å². The van der Waals surface area contributed by atoms with Gasteiger partial charge in [0.2, 0.25) is 5.91 Å². The Morgan fingerprint density at radius 1 is 1.18 bits per heavy atom. The molecule has 0 bridgehead atoms. The van der Waals surface area contributed by atoms with Crippen LogP contribution in [0.4, 0.5) is 10.1 Å². The van der Waals surface area contributed by atoms with Crippen molar-refractivity contribution in [3.8, 4) is 0 Å². The van der Waals surface area contributed by atoms with Gasteiger partial charge in [-0.25, -0.2) is 4.39 Å². The SMILES string of the molecule is CC(NC(=O)C1CCC(N)C1)c1cc(F)ccc1N1CCN(C)CC1.Cl.Cl.Cl. The van der Waals surface area contributed by atoms with Gasteiger partial charge in [-0.2, -0.15) is 0 Å². The maximum Gasteiger partial charge on any atom is 0.223 e. The molecular weight excluding hydrogens is 426 g/mol. The molecule has 1 aliphatic heterocycles. The molecule has 1 saturated heterocycles. The number of nitrogens with zero attached hydrogens (tertiary/aromatic N) is 2. The number of hydrogen-bond acceptors (Lipinski definition) is 4. The van der Waals surface area contributed by atoms with Gasteiger partial charge in [-0.15, -0.1) is 37.2 Å². The number of anilines is 1. The van der Waals surface area contributed by atoms with E-state index in [-0.39, 0.29) is 66.9 Å². The van der Waals surface area contributed by atoms with Gasteiger partial charge < -0.3 is 20.9 Å². The van der Waals surface area contributed by atoms with Crippen LogP contribution in [-0.4, -0.2) is 50.1 Å². The van der Waals surface area contributed by atoms with Crippen molar-refractivity contribution in [2.75, 3.05) is 38.1 Å². The monoisotopic (exact) mass is 456 g/mol. The van der Waals surface area contributed by atoms with Gasteiger partial charge in [0, 0.05) is 49.4 Å². The lowest BCUT2D eigenvalue weighted by Crippen LogP contribution is -2.45. The van der Waals surface area contributed by atoms with Gasteiger partial charge in [0.1, 0.15) is 5.82 Å². The number of carbonyl (C=O) groups is 1. The highest BCUT2D eigenvalue weighted by Gasteiger charge is 2.29. The molecule has 2 fully saturated rings. The minimum Gasteiger partial charge on any atom is -0.369 e. The quantitative estimate of drug-likeness (QED) is 0.729. The highest BCUT2D eigenvalue weighted by molar-refractivity contribution is 5.86. The molecule has 5 nitrogen and oxygen atoms in total. The fourth-order valence-electron chi connectivity index (χ4n) is 3.87. The van der Waals surface area contributed by atoms with Crippen molar-refractivity contribution in [2.45, 2.75) is 38.3 Å². The molecule has 28 heavy (non-hydrogen) atoms. The standard InChI is InChI=1S/C19H29FN4O.3ClH/c1-13(22-19(25)14-3-5-16(21)11-14)17-12-15(20)4-6-18(17)24-9-7-23(2)8-10-24;;;/h4,6,12-14,16H,3,5,7-11,21H2,1-2H3,(H,22,25);3*1H. The number of carbonyl (C=O) groups excluding carboxylic acids is 1. The van der Waals surface area contributed by atoms with Crippen molar-refractivity contribution < 1.29 is 9.18 Å². The molecule has 0 aromatic heterocycles. The summed E-state index contributed by atoms with van der Waals surface area (Å²) in [5, 5.41) is 3.08. The Morgan fingerprint density at radius 3 is 2.39 bits per heavy atom. The Hall–Kier alpha value is -0.790. The van der Waals surface area contributed by atoms with Crippen LogP contribution in [-0.2, 0) is 4.79 Å². The Kier molecular flexibility index (Phi) is 11.7. The van der Waals surface area contributed by atoms with Gasteiger partial charge in [0.25, 0.3) is 0 Å². The maximum absolute atomic E-state index is 13.9. The topological polar surface area (TPSA) is 61.6 Å². The first-order valence-corrected chi connectivity index (χ1v) is 9.23. The van der Waals surface area contributed by atoms with Crippen molar-refractivity contribution in [1.82, 2.24) is 10.2 Å². The molecule has 1 aromatic rings. The second-order valence-corrected chi connectivity index (χ2v) is 7.49. The highest BCUT2D eigenvalue weighted by atomic mass is 35.5. The largest absolute Gasteiger partial charge is 0.369 e. The van der Waals surface area contributed by atoms with E-state index in [1.165, 1.54) is 6.07 Å². The van der Waals surface area contributed by atoms with E-state index < -0.39 is 0 Å². The summed E-state index contributed by atoms with van der Waals surface area (Å²) in [5.41, 5.74) is 7.78. The number of likely N-dealkylation sites (N-methyl/N-ethyl adjacent to an activating group) is 1. The van der Waals surface area contributed by atoms with Crippen LogP contribution in [0.2, 0.25) is 0 Å². The summed E-state index contributed by atoms with van der Waals surface area (Å²) in [6.07, 6.45) is 2.49. The zero-order valence-corrected chi connectivity index (χ0v) is 18.8. The fraction of sp³-hybridized carbons (Fsp3) is 0.632. The van der Waals surface area contributed by atoms with Gasteiger partial charge in [-0.05, 0) is 51.4 Å². The molecule has 3 unspecified atom stereocenters. The summed E-state index contributed by atoms with van der Waals surface area (Å²) in [5.74, 6) is -0.246. The first-order chi connectivity index (χ1) is 11.9. The van der Waals surface area contributed by atoms with Crippen molar-refractivity contribution in [1.29, 1.82) is 0 Å². The Morgan fingerprint density at radius 2 is 1.82 bits per heavy atom. The molecule has 1 aromatic carbocycles. The molecule has 3 N–H and O–H groups in total. The minimum absolute atomic E-state index is 0. The number of amides is 1. The number of piperazine rings is 1. The lowest BCUT2D eigenvalue weighted by atomic mass is 10.0. The second kappa shape index (κ2) is 12.0. The molecule has 162 valence electrons. The number of benzene rings is 1. The van der Waals surface area contributed by atoms with Crippen molar-refractivity contribution in [3.63, 3.8) is 0 Å². The third kappa shape index (κ3) is 6.63. The molecule has 3 rings (SSSR count). The van der Waals surface area contributed by atoms with E-state index in [4.69, 9.17) is 5.73 Å². The van der Waals surface area contributed by atoms with Gasteiger partial charge in [0.15, 0.2) is 0 Å². The van der Waals surface area contributed by atoms with E-state index in [0.29, 0.717) is 0 Å². The molecule has 1 saturated carbocycles. The molecule has 1 aliphatic carbocycles. The number of nitrogens with two attached hydrogens (primary N) is 1. The van der Waals surface area contributed by atoms with Crippen LogP contribution in [0.3, 0.4) is 0 Å². The molecular formula is C19H32Cl3FN4O. The van der Waals surface area contributed by atoms with E-state index in [0.717, 1.165) is 56.7 Å². The third-order valence-corrected chi connectivity index (χ3v) is 5.50. The average Bonchev–Trinajstić information content (AvgIpc) is 3.02. The number of halogens is 4. The maximum atomic E-state index is 13.9. The zero-order valence-electron chi connectivity index (χ0n) is 16.4. The Balaban J connectivity index is 0.00000243. The summed E-state index contributed by atoms with van der Waals surface area (Å²) >= 11 is 0. The van der Waals surface area contributed by atoms with E-state index in [9.17, 15) is 9.18 Å². The number of hydrogen-bond donors (Lipinski definition) is 2. The Bertz CT molecular complexity index is 629. The van der Waals surface area contributed by atoms with Crippen LogP contribution < -0.4 is 16.0 Å². The molecule has 0 spiro atoms. The Labute approximate surface area is 185 Å². The van der Waals surface area contributed by atoms with Crippen LogP contribution in [0, 0.1) is 11.7 Å². The van der Waals surface area contributed by atoms with Crippen LogP contribution in [0.5, 0.6) is 0 Å². The normalized spacial score (nSPS) is 23.1. The average molecular weight is 458 g/mol. The molecule has 2 aliphatic rings. The summed E-state index contributed by atoms with van der Waals surface area (Å²) < 4.78 is 13.9. The summed E-state index contributed by atoms with van der Waals surface area (Å²) in [6.45, 7) is 5.72. The summed E-state index contributed by atoms with van der Waals surface area (Å²) in [6, 6.07) is 4.79. The van der Waals surface area contributed by atoms with Crippen LogP contribution in [0.25, 0.3) is 0 Å². The summed E-state index contributed by atoms with van der Waals surface area (Å²) in [7, 11) is 2.11.